The van der Waals surface area contributed by atoms with E-state index in [0.717, 1.165) is 17.7 Å². The van der Waals surface area contributed by atoms with Crippen molar-refractivity contribution in [2.24, 2.45) is 0 Å². The van der Waals surface area contributed by atoms with E-state index in [0.29, 0.717) is 41.7 Å². The maximum absolute atomic E-state index is 12.7. The van der Waals surface area contributed by atoms with Crippen LogP contribution in [0.15, 0.2) is 47.0 Å². The van der Waals surface area contributed by atoms with Crippen LogP contribution in [0.2, 0.25) is 0 Å². The first-order valence-corrected chi connectivity index (χ1v) is 9.85. The number of carboxylic acids is 1. The monoisotopic (exact) mass is 424 g/mol. The van der Waals surface area contributed by atoms with E-state index >= 15 is 0 Å². The van der Waals surface area contributed by atoms with Gasteiger partial charge in [-0.1, -0.05) is 12.1 Å². The van der Waals surface area contributed by atoms with Crippen molar-refractivity contribution >= 4 is 17.6 Å². The Hall–Kier alpha value is -3.81. The van der Waals surface area contributed by atoms with Crippen LogP contribution in [0.4, 0.5) is 5.69 Å². The Morgan fingerprint density at radius 1 is 1.06 bits per heavy atom. The van der Waals surface area contributed by atoms with Crippen LogP contribution < -0.4 is 14.8 Å². The zero-order chi connectivity index (χ0) is 22.4. The minimum atomic E-state index is -1.09. The van der Waals surface area contributed by atoms with Crippen LogP contribution in [0.25, 0.3) is 0 Å². The van der Waals surface area contributed by atoms with Gasteiger partial charge in [0.05, 0.1) is 29.1 Å². The molecular weight excluding hydrogens is 400 g/mol. The summed E-state index contributed by atoms with van der Waals surface area (Å²) in [5, 5.41) is 15.9. The Morgan fingerprint density at radius 2 is 1.77 bits per heavy atom. The number of rotatable bonds is 9. The third-order valence-electron chi connectivity index (χ3n) is 4.62. The molecule has 1 aromatic heterocycles. The van der Waals surface area contributed by atoms with Crippen molar-refractivity contribution in [3.8, 4) is 11.5 Å². The Kier molecular flexibility index (Phi) is 6.92. The number of nitrogens with zero attached hydrogens (tertiary/aromatic N) is 1. The zero-order valence-corrected chi connectivity index (χ0v) is 17.6. The lowest BCUT2D eigenvalue weighted by molar-refractivity contribution is 0.0696. The summed E-state index contributed by atoms with van der Waals surface area (Å²) < 4.78 is 16.5. The average molecular weight is 424 g/mol. The van der Waals surface area contributed by atoms with Gasteiger partial charge in [-0.25, -0.2) is 4.79 Å². The number of aromatic nitrogens is 1. The molecule has 0 bridgehead atoms. The van der Waals surface area contributed by atoms with Gasteiger partial charge in [0.15, 0.2) is 0 Å². The van der Waals surface area contributed by atoms with Crippen molar-refractivity contribution in [3.05, 3.63) is 70.6 Å². The molecule has 0 radical (unpaired) electrons. The van der Waals surface area contributed by atoms with E-state index in [2.05, 4.69) is 10.5 Å². The maximum Gasteiger partial charge on any atom is 0.335 e. The van der Waals surface area contributed by atoms with Crippen LogP contribution in [0.3, 0.4) is 0 Å². The third kappa shape index (κ3) is 5.42. The molecule has 3 rings (SSSR count). The molecule has 2 N–H and O–H groups in total. The first-order chi connectivity index (χ1) is 14.9. The van der Waals surface area contributed by atoms with Crippen molar-refractivity contribution in [3.63, 3.8) is 0 Å². The second-order valence-corrected chi connectivity index (χ2v) is 6.93. The Morgan fingerprint density at radius 3 is 2.39 bits per heavy atom. The summed E-state index contributed by atoms with van der Waals surface area (Å²) in [7, 11) is 0. The second kappa shape index (κ2) is 9.80. The van der Waals surface area contributed by atoms with Crippen LogP contribution in [0.5, 0.6) is 11.5 Å². The molecule has 0 saturated carbocycles. The summed E-state index contributed by atoms with van der Waals surface area (Å²) in [4.78, 5) is 24.0. The van der Waals surface area contributed by atoms with Crippen molar-refractivity contribution in [1.82, 2.24) is 5.16 Å². The SMILES string of the molecule is CCCOc1ccc(C(=O)O)cc1NC(=O)c1ccc(OCc2c(C)noc2C)cc1. The highest BCUT2D eigenvalue weighted by molar-refractivity contribution is 6.05. The van der Waals surface area contributed by atoms with Crippen LogP contribution in [0, 0.1) is 13.8 Å². The number of amides is 1. The van der Waals surface area contributed by atoms with Gasteiger partial charge in [0.25, 0.3) is 5.91 Å². The fraction of sp³-hybridized carbons (Fsp3) is 0.261. The summed E-state index contributed by atoms with van der Waals surface area (Å²) in [6.45, 7) is 6.39. The Labute approximate surface area is 179 Å². The van der Waals surface area contributed by atoms with Gasteiger partial charge in [-0.05, 0) is 62.7 Å². The highest BCUT2D eigenvalue weighted by atomic mass is 16.5. The lowest BCUT2D eigenvalue weighted by Crippen LogP contribution is -2.14. The summed E-state index contributed by atoms with van der Waals surface area (Å²) in [5.41, 5.74) is 2.42. The van der Waals surface area contributed by atoms with E-state index < -0.39 is 5.97 Å². The van der Waals surface area contributed by atoms with E-state index in [-0.39, 0.29) is 11.5 Å². The number of carbonyl (C=O) groups is 2. The molecule has 0 atom stereocenters. The number of carbonyl (C=O) groups excluding carboxylic acids is 1. The quantitative estimate of drug-likeness (QED) is 0.516. The summed E-state index contributed by atoms with van der Waals surface area (Å²) in [5.74, 6) is 0.243. The van der Waals surface area contributed by atoms with Gasteiger partial charge in [0.2, 0.25) is 0 Å². The minimum absolute atomic E-state index is 0.0576. The van der Waals surface area contributed by atoms with Gasteiger partial charge in [-0.2, -0.15) is 0 Å². The molecule has 0 saturated heterocycles. The molecular formula is C23H24N2O6. The van der Waals surface area contributed by atoms with Gasteiger partial charge in [0.1, 0.15) is 23.9 Å². The first-order valence-electron chi connectivity index (χ1n) is 9.85. The molecule has 0 fully saturated rings. The first kappa shape index (κ1) is 21.9. The third-order valence-corrected chi connectivity index (χ3v) is 4.62. The Balaban J connectivity index is 1.70. The molecule has 0 unspecified atom stereocenters. The normalized spacial score (nSPS) is 10.5. The van der Waals surface area contributed by atoms with Crippen molar-refractivity contribution < 1.29 is 28.7 Å². The fourth-order valence-corrected chi connectivity index (χ4v) is 2.86. The van der Waals surface area contributed by atoms with Crippen LogP contribution in [-0.2, 0) is 6.61 Å². The zero-order valence-electron chi connectivity index (χ0n) is 17.6. The van der Waals surface area contributed by atoms with Gasteiger partial charge >= 0.3 is 5.97 Å². The lowest BCUT2D eigenvalue weighted by atomic mass is 10.1. The molecule has 3 aromatic rings. The molecule has 0 aliphatic carbocycles. The summed E-state index contributed by atoms with van der Waals surface area (Å²) >= 11 is 0. The van der Waals surface area contributed by atoms with E-state index in [1.54, 1.807) is 30.3 Å². The lowest BCUT2D eigenvalue weighted by Gasteiger charge is -2.13. The van der Waals surface area contributed by atoms with Crippen LogP contribution in [0.1, 0.15) is 51.1 Å². The molecule has 0 spiro atoms. The smallest absolute Gasteiger partial charge is 0.335 e. The van der Waals surface area contributed by atoms with Gasteiger partial charge in [-0.15, -0.1) is 0 Å². The van der Waals surface area contributed by atoms with Crippen molar-refractivity contribution in [2.45, 2.75) is 33.8 Å². The van der Waals surface area contributed by atoms with Gasteiger partial charge in [0, 0.05) is 5.56 Å². The molecule has 0 aliphatic rings. The number of anilines is 1. The topological polar surface area (TPSA) is 111 Å². The van der Waals surface area contributed by atoms with Crippen LogP contribution in [-0.4, -0.2) is 28.7 Å². The number of aromatic carboxylic acids is 1. The predicted octanol–water partition coefficient (Wildman–Crippen LogP) is 4.61. The molecule has 8 heteroatoms. The summed E-state index contributed by atoms with van der Waals surface area (Å²) in [6, 6.07) is 11.0. The number of hydrogen-bond donors (Lipinski definition) is 2. The van der Waals surface area contributed by atoms with E-state index in [1.165, 1.54) is 12.1 Å². The minimum Gasteiger partial charge on any atom is -0.491 e. The van der Waals surface area contributed by atoms with Crippen molar-refractivity contribution in [1.29, 1.82) is 0 Å². The molecule has 1 amide bonds. The van der Waals surface area contributed by atoms with E-state index in [9.17, 15) is 14.7 Å². The standard InChI is InChI=1S/C23H24N2O6/c1-4-11-29-21-10-7-17(23(27)28)12-20(21)24-22(26)16-5-8-18(9-6-16)30-13-19-14(2)25-31-15(19)3/h5-10,12H,4,11,13H2,1-3H3,(H,24,26)(H,27,28). The molecule has 0 aliphatic heterocycles. The Bertz CT molecular complexity index is 1050. The number of benzene rings is 2. The molecule has 2 aromatic carbocycles. The highest BCUT2D eigenvalue weighted by Crippen LogP contribution is 2.27. The second-order valence-electron chi connectivity index (χ2n) is 6.93. The molecule has 162 valence electrons. The highest BCUT2D eigenvalue weighted by Gasteiger charge is 2.14. The predicted molar refractivity (Wildman–Crippen MR) is 114 cm³/mol. The molecule has 8 nitrogen and oxygen atoms in total. The number of aryl methyl sites for hydroxylation is 2. The summed E-state index contributed by atoms with van der Waals surface area (Å²) in [6.07, 6.45) is 0.781. The van der Waals surface area contributed by atoms with Crippen LogP contribution >= 0.6 is 0 Å². The van der Waals surface area contributed by atoms with Crippen molar-refractivity contribution in [2.75, 3.05) is 11.9 Å². The largest absolute Gasteiger partial charge is 0.491 e. The van der Waals surface area contributed by atoms with Gasteiger partial charge < -0.3 is 24.4 Å². The fourth-order valence-electron chi connectivity index (χ4n) is 2.86. The van der Waals surface area contributed by atoms with Gasteiger partial charge in [-0.3, -0.25) is 4.79 Å². The number of ether oxygens (including phenoxy) is 2. The molecule has 1 heterocycles. The average Bonchev–Trinajstić information content (AvgIpc) is 3.08. The van der Waals surface area contributed by atoms with E-state index in [4.69, 9.17) is 14.0 Å². The van der Waals surface area contributed by atoms with E-state index in [1.807, 2.05) is 20.8 Å². The number of nitrogens with one attached hydrogen (secondary N) is 1. The number of carboxylic acid groups (broad SMARTS) is 1. The number of hydrogen-bond acceptors (Lipinski definition) is 6. The maximum atomic E-state index is 12.7. The molecule has 31 heavy (non-hydrogen) atoms.